The zero-order valence-corrected chi connectivity index (χ0v) is 12.0. The van der Waals surface area contributed by atoms with Gasteiger partial charge in [0, 0.05) is 5.56 Å². The number of amides is 1. The van der Waals surface area contributed by atoms with E-state index in [4.69, 9.17) is 9.47 Å². The molecule has 0 fully saturated rings. The molecule has 1 aliphatic heterocycles. The van der Waals surface area contributed by atoms with Crippen LogP contribution in [0, 0.1) is 0 Å². The van der Waals surface area contributed by atoms with Crippen molar-refractivity contribution in [1.29, 1.82) is 0 Å². The third-order valence-corrected chi connectivity index (χ3v) is 3.18. The number of carbonyl (C=O) groups excluding carboxylic acids is 1. The van der Waals surface area contributed by atoms with E-state index in [9.17, 15) is 15.0 Å². The van der Waals surface area contributed by atoms with Gasteiger partial charge in [0.15, 0.2) is 23.0 Å². The first-order valence-electron chi connectivity index (χ1n) is 6.88. The minimum Gasteiger partial charge on any atom is -0.504 e. The van der Waals surface area contributed by atoms with Gasteiger partial charge < -0.3 is 19.7 Å². The van der Waals surface area contributed by atoms with Gasteiger partial charge in [-0.3, -0.25) is 4.79 Å². The van der Waals surface area contributed by atoms with Gasteiger partial charge in [-0.15, -0.1) is 0 Å². The molecule has 7 heteroatoms. The van der Waals surface area contributed by atoms with Crippen molar-refractivity contribution in [1.82, 2.24) is 5.43 Å². The average molecular weight is 314 g/mol. The Kier molecular flexibility index (Phi) is 4.01. The van der Waals surface area contributed by atoms with Crippen LogP contribution in [0.2, 0.25) is 0 Å². The Morgan fingerprint density at radius 1 is 1.04 bits per heavy atom. The lowest BCUT2D eigenvalue weighted by Gasteiger charge is -2.18. The molecule has 2 aromatic rings. The average Bonchev–Trinajstić information content (AvgIpc) is 2.57. The highest BCUT2D eigenvalue weighted by Crippen LogP contribution is 2.30. The fourth-order valence-electron chi connectivity index (χ4n) is 2.04. The number of phenols is 2. The second-order valence-electron chi connectivity index (χ2n) is 4.81. The maximum atomic E-state index is 12.0. The van der Waals surface area contributed by atoms with Crippen molar-refractivity contribution in [2.45, 2.75) is 0 Å². The summed E-state index contributed by atoms with van der Waals surface area (Å²) in [7, 11) is 0. The number of hydrogen-bond acceptors (Lipinski definition) is 6. The summed E-state index contributed by atoms with van der Waals surface area (Å²) in [5.41, 5.74) is 3.30. The summed E-state index contributed by atoms with van der Waals surface area (Å²) in [4.78, 5) is 12.0. The molecule has 3 N–H and O–H groups in total. The van der Waals surface area contributed by atoms with E-state index in [1.807, 2.05) is 0 Å². The van der Waals surface area contributed by atoms with Gasteiger partial charge in [0.05, 0.1) is 6.21 Å². The van der Waals surface area contributed by atoms with Crippen LogP contribution in [0.25, 0.3) is 0 Å². The van der Waals surface area contributed by atoms with E-state index in [0.717, 1.165) is 0 Å². The van der Waals surface area contributed by atoms with Crippen molar-refractivity contribution >= 4 is 12.1 Å². The number of phenolic OH excluding ortho intramolecular Hbond substituents is 2. The summed E-state index contributed by atoms with van der Waals surface area (Å²) in [5, 5.41) is 22.4. The summed E-state index contributed by atoms with van der Waals surface area (Å²) in [6.07, 6.45) is 1.36. The Labute approximate surface area is 131 Å². The second-order valence-corrected chi connectivity index (χ2v) is 4.81. The normalized spacial score (nSPS) is 13.0. The van der Waals surface area contributed by atoms with E-state index in [-0.39, 0.29) is 11.5 Å². The van der Waals surface area contributed by atoms with Gasteiger partial charge in [0.25, 0.3) is 5.91 Å². The number of hydrogen-bond donors (Lipinski definition) is 3. The van der Waals surface area contributed by atoms with Crippen LogP contribution in [0.5, 0.6) is 23.0 Å². The Balaban J connectivity index is 1.67. The highest BCUT2D eigenvalue weighted by molar-refractivity contribution is 5.95. The van der Waals surface area contributed by atoms with E-state index in [1.165, 1.54) is 18.3 Å². The third-order valence-electron chi connectivity index (χ3n) is 3.18. The number of nitrogens with one attached hydrogen (secondary N) is 1. The van der Waals surface area contributed by atoms with Gasteiger partial charge in [-0.2, -0.15) is 5.10 Å². The van der Waals surface area contributed by atoms with Crippen molar-refractivity contribution in [3.63, 3.8) is 0 Å². The summed E-state index contributed by atoms with van der Waals surface area (Å²) in [6, 6.07) is 9.09. The van der Waals surface area contributed by atoms with Crippen LogP contribution in [0.4, 0.5) is 0 Å². The molecule has 0 aliphatic carbocycles. The largest absolute Gasteiger partial charge is 0.504 e. The predicted octanol–water partition coefficient (Wildman–Crippen LogP) is 1.63. The Bertz CT molecular complexity index is 773. The highest BCUT2D eigenvalue weighted by atomic mass is 16.6. The molecule has 3 rings (SSSR count). The highest BCUT2D eigenvalue weighted by Gasteiger charge is 2.14. The SMILES string of the molecule is O=C(N/N=C\c1ccc(O)c(O)c1)c1ccc2c(c1)OCCO2. The molecule has 0 aromatic heterocycles. The van der Waals surface area contributed by atoms with E-state index >= 15 is 0 Å². The Hall–Kier alpha value is -3.22. The molecule has 1 heterocycles. The van der Waals surface area contributed by atoms with Gasteiger partial charge >= 0.3 is 0 Å². The molecule has 0 radical (unpaired) electrons. The topological polar surface area (TPSA) is 100 Å². The van der Waals surface area contributed by atoms with Crippen LogP contribution >= 0.6 is 0 Å². The second kappa shape index (κ2) is 6.27. The molecular formula is C16H14N2O5. The quantitative estimate of drug-likeness (QED) is 0.454. The van der Waals surface area contributed by atoms with Gasteiger partial charge in [-0.25, -0.2) is 5.43 Å². The molecule has 1 amide bonds. The molecule has 2 aromatic carbocycles. The molecule has 1 aliphatic rings. The molecular weight excluding hydrogens is 300 g/mol. The minimum absolute atomic E-state index is 0.220. The maximum absolute atomic E-state index is 12.0. The molecule has 0 saturated carbocycles. The zero-order valence-electron chi connectivity index (χ0n) is 12.0. The van der Waals surface area contributed by atoms with Gasteiger partial charge in [-0.05, 0) is 42.0 Å². The Morgan fingerprint density at radius 3 is 2.61 bits per heavy atom. The fourth-order valence-corrected chi connectivity index (χ4v) is 2.04. The lowest BCUT2D eigenvalue weighted by Crippen LogP contribution is -2.19. The maximum Gasteiger partial charge on any atom is 0.271 e. The summed E-state index contributed by atoms with van der Waals surface area (Å²) < 4.78 is 10.8. The summed E-state index contributed by atoms with van der Waals surface area (Å²) in [5.74, 6) is 0.253. The third kappa shape index (κ3) is 3.34. The number of fused-ring (bicyclic) bond motifs is 1. The molecule has 0 atom stereocenters. The van der Waals surface area contributed by atoms with Crippen LogP contribution in [0.15, 0.2) is 41.5 Å². The number of benzene rings is 2. The zero-order chi connectivity index (χ0) is 16.2. The number of aromatic hydroxyl groups is 2. The predicted molar refractivity (Wildman–Crippen MR) is 82.3 cm³/mol. The Morgan fingerprint density at radius 2 is 1.83 bits per heavy atom. The van der Waals surface area contributed by atoms with E-state index in [2.05, 4.69) is 10.5 Å². The van der Waals surface area contributed by atoms with Gasteiger partial charge in [0.1, 0.15) is 13.2 Å². The van der Waals surface area contributed by atoms with Crippen molar-refractivity contribution in [3.8, 4) is 23.0 Å². The van der Waals surface area contributed by atoms with Crippen LogP contribution in [0.1, 0.15) is 15.9 Å². The number of rotatable bonds is 3. The van der Waals surface area contributed by atoms with E-state index in [0.29, 0.717) is 35.8 Å². The first-order chi connectivity index (χ1) is 11.1. The van der Waals surface area contributed by atoms with Crippen LogP contribution in [-0.2, 0) is 0 Å². The molecule has 118 valence electrons. The van der Waals surface area contributed by atoms with Crippen LogP contribution in [0.3, 0.4) is 0 Å². The lowest BCUT2D eigenvalue weighted by molar-refractivity contribution is 0.0954. The number of carbonyl (C=O) groups is 1. The monoisotopic (exact) mass is 314 g/mol. The van der Waals surface area contributed by atoms with Crippen molar-refractivity contribution < 1.29 is 24.5 Å². The fraction of sp³-hybridized carbons (Fsp3) is 0.125. The first kappa shape index (κ1) is 14.7. The molecule has 23 heavy (non-hydrogen) atoms. The lowest BCUT2D eigenvalue weighted by atomic mass is 10.2. The molecule has 7 nitrogen and oxygen atoms in total. The molecule has 0 bridgehead atoms. The van der Waals surface area contributed by atoms with Crippen molar-refractivity contribution in [2.75, 3.05) is 13.2 Å². The summed E-state index contributed by atoms with van der Waals surface area (Å²) in [6.45, 7) is 0.933. The molecule has 0 spiro atoms. The number of nitrogens with zero attached hydrogens (tertiary/aromatic N) is 1. The first-order valence-corrected chi connectivity index (χ1v) is 6.88. The number of hydrazone groups is 1. The minimum atomic E-state index is -0.402. The molecule has 0 saturated heterocycles. The van der Waals surface area contributed by atoms with Crippen LogP contribution < -0.4 is 14.9 Å². The summed E-state index contributed by atoms with van der Waals surface area (Å²) >= 11 is 0. The smallest absolute Gasteiger partial charge is 0.271 e. The number of ether oxygens (including phenoxy) is 2. The standard InChI is InChI=1S/C16H14N2O5/c19-12-3-1-10(7-13(12)20)9-17-18-16(21)11-2-4-14-15(8-11)23-6-5-22-14/h1-4,7-9,19-20H,5-6H2,(H,18,21)/b17-9-. The van der Waals surface area contributed by atoms with Crippen LogP contribution in [-0.4, -0.2) is 35.5 Å². The van der Waals surface area contributed by atoms with E-state index in [1.54, 1.807) is 24.3 Å². The van der Waals surface area contributed by atoms with Crippen molar-refractivity contribution in [2.24, 2.45) is 5.10 Å². The van der Waals surface area contributed by atoms with E-state index < -0.39 is 5.91 Å². The van der Waals surface area contributed by atoms with Gasteiger partial charge in [0.2, 0.25) is 0 Å². The molecule has 0 unspecified atom stereocenters. The van der Waals surface area contributed by atoms with Gasteiger partial charge in [-0.1, -0.05) is 0 Å². The van der Waals surface area contributed by atoms with Crippen molar-refractivity contribution in [3.05, 3.63) is 47.5 Å².